The molecule has 172 valence electrons. The molecule has 0 bridgehead atoms. The first-order chi connectivity index (χ1) is 15.7. The van der Waals surface area contributed by atoms with E-state index in [4.69, 9.17) is 9.72 Å². The summed E-state index contributed by atoms with van der Waals surface area (Å²) in [5.41, 5.74) is 0.785. The van der Waals surface area contributed by atoms with Crippen molar-refractivity contribution in [3.05, 3.63) is 61.2 Å². The van der Waals surface area contributed by atoms with Crippen LogP contribution in [-0.4, -0.2) is 32.1 Å². The number of aryl methyl sites for hydroxylation is 1. The molecule has 0 radical (unpaired) electrons. The molecule has 1 unspecified atom stereocenters. The number of hydrogen-bond acceptors (Lipinski definition) is 8. The molecule has 4 rings (SSSR count). The minimum Gasteiger partial charge on any atom is -0.462 e. The number of aromatic amines is 1. The summed E-state index contributed by atoms with van der Waals surface area (Å²) in [6, 6.07) is 7.16. The molecule has 1 aromatic carbocycles. The van der Waals surface area contributed by atoms with Crippen molar-refractivity contribution in [3.8, 4) is 0 Å². The molecule has 33 heavy (non-hydrogen) atoms. The van der Waals surface area contributed by atoms with Crippen molar-refractivity contribution in [2.24, 2.45) is 0 Å². The van der Waals surface area contributed by atoms with Crippen molar-refractivity contribution >= 4 is 50.2 Å². The molecule has 0 saturated heterocycles. The van der Waals surface area contributed by atoms with Crippen molar-refractivity contribution in [3.63, 3.8) is 0 Å². The fourth-order valence-electron chi connectivity index (χ4n) is 3.62. The predicted octanol–water partition coefficient (Wildman–Crippen LogP) is 4.61. The van der Waals surface area contributed by atoms with Gasteiger partial charge in [0.1, 0.15) is 15.5 Å². The lowest BCUT2D eigenvalue weighted by molar-refractivity contribution is 0.0531. The van der Waals surface area contributed by atoms with Crippen LogP contribution in [0, 0.1) is 6.92 Å². The first-order valence-electron chi connectivity index (χ1n) is 10.6. The molecule has 0 saturated carbocycles. The molecule has 0 fully saturated rings. The van der Waals surface area contributed by atoms with Gasteiger partial charge in [0.15, 0.2) is 5.16 Å². The van der Waals surface area contributed by atoms with Crippen molar-refractivity contribution in [2.75, 3.05) is 6.61 Å². The lowest BCUT2D eigenvalue weighted by Crippen LogP contribution is -2.25. The van der Waals surface area contributed by atoms with Crippen LogP contribution < -0.4 is 11.1 Å². The van der Waals surface area contributed by atoms with Crippen LogP contribution in [0.5, 0.6) is 0 Å². The van der Waals surface area contributed by atoms with E-state index in [1.165, 1.54) is 11.8 Å². The van der Waals surface area contributed by atoms with Gasteiger partial charge < -0.3 is 9.72 Å². The first kappa shape index (κ1) is 23.2. The molecule has 3 aromatic heterocycles. The monoisotopic (exact) mass is 484 g/mol. The SMILES string of the molecule is CCOC(=O)c1sc2nc(C(C)Sc3nc4ccccc4c(=O)n3C(C)C)[nH]c(=O)c2c1C. The van der Waals surface area contributed by atoms with Crippen molar-refractivity contribution in [2.45, 2.75) is 51.1 Å². The Balaban J connectivity index is 1.77. The zero-order chi connectivity index (χ0) is 23.9. The van der Waals surface area contributed by atoms with Crippen LogP contribution in [0.3, 0.4) is 0 Å². The summed E-state index contributed by atoms with van der Waals surface area (Å²) in [7, 11) is 0. The van der Waals surface area contributed by atoms with Gasteiger partial charge in [-0.25, -0.2) is 14.8 Å². The number of thiophene rings is 1. The van der Waals surface area contributed by atoms with Gasteiger partial charge in [0.2, 0.25) is 0 Å². The number of benzene rings is 1. The second-order valence-corrected chi connectivity index (χ2v) is 10.2. The Kier molecular flexibility index (Phi) is 6.40. The Labute approximate surface area is 198 Å². The number of para-hydroxylation sites is 1. The van der Waals surface area contributed by atoms with Gasteiger partial charge in [0.25, 0.3) is 11.1 Å². The zero-order valence-corrected chi connectivity index (χ0v) is 20.6. The summed E-state index contributed by atoms with van der Waals surface area (Å²) in [5, 5.41) is 1.22. The zero-order valence-electron chi connectivity index (χ0n) is 19.0. The van der Waals surface area contributed by atoms with Gasteiger partial charge in [-0.15, -0.1) is 11.3 Å². The van der Waals surface area contributed by atoms with Gasteiger partial charge in [-0.3, -0.25) is 14.2 Å². The van der Waals surface area contributed by atoms with E-state index in [1.807, 2.05) is 39.0 Å². The van der Waals surface area contributed by atoms with Crippen LogP contribution in [0.25, 0.3) is 21.1 Å². The third-order valence-electron chi connectivity index (χ3n) is 5.24. The van der Waals surface area contributed by atoms with Crippen LogP contribution in [0.1, 0.15) is 60.0 Å². The highest BCUT2D eigenvalue weighted by Crippen LogP contribution is 2.35. The summed E-state index contributed by atoms with van der Waals surface area (Å²) < 4.78 is 6.76. The third kappa shape index (κ3) is 4.20. The van der Waals surface area contributed by atoms with Crippen LogP contribution in [0.4, 0.5) is 0 Å². The van der Waals surface area contributed by atoms with E-state index in [-0.39, 0.29) is 29.0 Å². The van der Waals surface area contributed by atoms with Crippen LogP contribution in [0.2, 0.25) is 0 Å². The molecule has 1 atom stereocenters. The van der Waals surface area contributed by atoms with Crippen LogP contribution >= 0.6 is 23.1 Å². The maximum absolute atomic E-state index is 13.1. The van der Waals surface area contributed by atoms with Crippen LogP contribution in [0.15, 0.2) is 39.0 Å². The summed E-state index contributed by atoms with van der Waals surface area (Å²) in [5.74, 6) is -0.00504. The first-order valence-corrected chi connectivity index (χ1v) is 12.3. The molecule has 3 heterocycles. The molecule has 0 spiro atoms. The highest BCUT2D eigenvalue weighted by Gasteiger charge is 2.23. The maximum atomic E-state index is 13.1. The Hall–Kier alpha value is -2.98. The number of carbonyl (C=O) groups excluding carboxylic acids is 1. The molecule has 0 aliphatic carbocycles. The average molecular weight is 485 g/mol. The number of rotatable bonds is 6. The highest BCUT2D eigenvalue weighted by atomic mass is 32.2. The number of H-pyrrole nitrogens is 1. The number of aromatic nitrogens is 4. The van der Waals surface area contributed by atoms with E-state index in [9.17, 15) is 14.4 Å². The standard InChI is InChI=1S/C23H24N4O4S2/c1-6-31-22(30)17-12(4)16-19(28)25-18(26-20(16)33-17)13(5)32-23-24-15-10-8-7-9-14(15)21(29)27(23)11(2)3/h7-11,13H,6H2,1-5H3,(H,25,26,28). The minimum absolute atomic E-state index is 0.0918. The Morgan fingerprint density at radius 2 is 1.94 bits per heavy atom. The predicted molar refractivity (Wildman–Crippen MR) is 132 cm³/mol. The molecule has 0 amide bonds. The van der Waals surface area contributed by atoms with Crippen molar-refractivity contribution < 1.29 is 9.53 Å². The third-order valence-corrected chi connectivity index (χ3v) is 7.48. The number of fused-ring (bicyclic) bond motifs is 2. The Morgan fingerprint density at radius 1 is 1.21 bits per heavy atom. The Morgan fingerprint density at radius 3 is 2.64 bits per heavy atom. The molecule has 10 heteroatoms. The number of nitrogens with zero attached hydrogens (tertiary/aromatic N) is 3. The molecule has 8 nitrogen and oxygen atoms in total. The molecule has 0 aliphatic rings. The van der Waals surface area contributed by atoms with Gasteiger partial charge in [-0.1, -0.05) is 23.9 Å². The topological polar surface area (TPSA) is 107 Å². The largest absolute Gasteiger partial charge is 0.462 e. The fourth-order valence-corrected chi connectivity index (χ4v) is 5.80. The van der Waals surface area contributed by atoms with E-state index >= 15 is 0 Å². The van der Waals surface area contributed by atoms with Crippen molar-refractivity contribution in [1.82, 2.24) is 19.5 Å². The lowest BCUT2D eigenvalue weighted by Gasteiger charge is -2.18. The number of esters is 1. The molecular formula is C23H24N4O4S2. The lowest BCUT2D eigenvalue weighted by atomic mass is 10.2. The minimum atomic E-state index is -0.456. The van der Waals surface area contributed by atoms with Gasteiger partial charge in [-0.2, -0.15) is 0 Å². The normalized spacial score (nSPS) is 12.5. The quantitative estimate of drug-likeness (QED) is 0.242. The van der Waals surface area contributed by atoms with E-state index in [0.29, 0.717) is 42.5 Å². The van der Waals surface area contributed by atoms with Gasteiger partial charge in [0.05, 0.1) is 28.1 Å². The average Bonchev–Trinajstić information content (AvgIpc) is 3.10. The fraction of sp³-hybridized carbons (Fsp3) is 0.348. The van der Waals surface area contributed by atoms with Crippen LogP contribution in [-0.2, 0) is 4.74 Å². The summed E-state index contributed by atoms with van der Waals surface area (Å²) in [4.78, 5) is 51.3. The van der Waals surface area contributed by atoms with E-state index < -0.39 is 5.97 Å². The number of ether oxygens (including phenoxy) is 1. The summed E-state index contributed by atoms with van der Waals surface area (Å²) >= 11 is 2.51. The second-order valence-electron chi connectivity index (χ2n) is 7.85. The molecule has 1 N–H and O–H groups in total. The van der Waals surface area contributed by atoms with E-state index in [1.54, 1.807) is 24.5 Å². The smallest absolute Gasteiger partial charge is 0.348 e. The molecular weight excluding hydrogens is 460 g/mol. The van der Waals surface area contributed by atoms with E-state index in [2.05, 4.69) is 9.97 Å². The maximum Gasteiger partial charge on any atom is 0.348 e. The number of hydrogen-bond donors (Lipinski definition) is 1. The molecule has 4 aromatic rings. The number of carbonyl (C=O) groups is 1. The summed E-state index contributed by atoms with van der Waals surface area (Å²) in [6.45, 7) is 9.48. The second kappa shape index (κ2) is 9.11. The van der Waals surface area contributed by atoms with E-state index in [0.717, 1.165) is 11.3 Å². The van der Waals surface area contributed by atoms with Gasteiger partial charge in [0, 0.05) is 6.04 Å². The number of nitrogens with one attached hydrogen (secondary N) is 1. The van der Waals surface area contributed by atoms with Crippen molar-refractivity contribution in [1.29, 1.82) is 0 Å². The molecule has 0 aliphatic heterocycles. The summed E-state index contributed by atoms with van der Waals surface area (Å²) in [6.07, 6.45) is 0. The van der Waals surface area contributed by atoms with Gasteiger partial charge in [-0.05, 0) is 52.3 Å². The Bertz CT molecular complexity index is 1490. The highest BCUT2D eigenvalue weighted by molar-refractivity contribution is 7.99. The number of thioether (sulfide) groups is 1. The van der Waals surface area contributed by atoms with Gasteiger partial charge >= 0.3 is 5.97 Å².